The molecule has 1 aromatic rings. The summed E-state index contributed by atoms with van der Waals surface area (Å²) in [7, 11) is 1.75. The average Bonchev–Trinajstić information content (AvgIpc) is 2.42. The van der Waals surface area contributed by atoms with Crippen molar-refractivity contribution >= 4 is 5.91 Å². The Kier molecular flexibility index (Phi) is 4.87. The monoisotopic (exact) mass is 266 g/mol. The smallest absolute Gasteiger partial charge is 0.225 e. The van der Waals surface area contributed by atoms with Crippen LogP contribution in [0.5, 0.6) is 0 Å². The molecule has 5 heteroatoms. The molecule has 104 valence electrons. The van der Waals surface area contributed by atoms with Gasteiger partial charge in [-0.05, 0) is 17.7 Å². The Morgan fingerprint density at radius 3 is 2.84 bits per heavy atom. The average molecular weight is 266 g/mol. The van der Waals surface area contributed by atoms with Crippen molar-refractivity contribution < 1.29 is 13.9 Å². The van der Waals surface area contributed by atoms with Gasteiger partial charge in [0.1, 0.15) is 5.82 Å². The molecule has 1 saturated heterocycles. The molecule has 1 amide bonds. The minimum atomic E-state index is -0.264. The lowest BCUT2D eigenvalue weighted by atomic mass is 10.1. The molecule has 1 N–H and O–H groups in total. The van der Waals surface area contributed by atoms with E-state index < -0.39 is 0 Å². The summed E-state index contributed by atoms with van der Waals surface area (Å²) >= 11 is 0. The van der Waals surface area contributed by atoms with Gasteiger partial charge in [0, 0.05) is 26.7 Å². The molecule has 1 heterocycles. The minimum Gasteiger partial charge on any atom is -0.375 e. The van der Waals surface area contributed by atoms with E-state index in [0.717, 1.165) is 18.7 Å². The van der Waals surface area contributed by atoms with E-state index in [-0.39, 0.29) is 17.8 Å². The van der Waals surface area contributed by atoms with Crippen molar-refractivity contribution in [2.45, 2.75) is 19.1 Å². The number of carbonyl (C=O) groups is 1. The second kappa shape index (κ2) is 6.63. The van der Waals surface area contributed by atoms with Crippen LogP contribution >= 0.6 is 0 Å². The Labute approximate surface area is 112 Å². The van der Waals surface area contributed by atoms with Crippen molar-refractivity contribution in [1.82, 2.24) is 10.2 Å². The number of carbonyl (C=O) groups excluding carboxylic acids is 1. The van der Waals surface area contributed by atoms with Crippen LogP contribution in [0.1, 0.15) is 12.0 Å². The second-order valence-electron chi connectivity index (χ2n) is 4.78. The van der Waals surface area contributed by atoms with Gasteiger partial charge >= 0.3 is 0 Å². The molecule has 0 bridgehead atoms. The molecular formula is C14H19FN2O2. The molecule has 1 aromatic carbocycles. The summed E-state index contributed by atoms with van der Waals surface area (Å²) in [6.07, 6.45) is 0.335. The second-order valence-corrected chi connectivity index (χ2v) is 4.78. The zero-order valence-corrected chi connectivity index (χ0v) is 11.1. The highest BCUT2D eigenvalue weighted by Gasteiger charge is 2.19. The zero-order valence-electron chi connectivity index (χ0n) is 11.1. The normalized spacial score (nSPS) is 19.2. The highest BCUT2D eigenvalue weighted by molar-refractivity contribution is 5.76. The van der Waals surface area contributed by atoms with Crippen LogP contribution < -0.4 is 5.32 Å². The molecule has 0 aromatic heterocycles. The molecule has 1 unspecified atom stereocenters. The molecule has 0 saturated carbocycles. The number of morpholine rings is 1. The Morgan fingerprint density at radius 2 is 2.21 bits per heavy atom. The Balaban J connectivity index is 1.83. The van der Waals surface area contributed by atoms with Crippen molar-refractivity contribution in [1.29, 1.82) is 0 Å². The highest BCUT2D eigenvalue weighted by atomic mass is 19.1. The van der Waals surface area contributed by atoms with E-state index in [9.17, 15) is 9.18 Å². The molecule has 0 radical (unpaired) electrons. The maximum absolute atomic E-state index is 12.8. The quantitative estimate of drug-likeness (QED) is 0.889. The van der Waals surface area contributed by atoms with Crippen LogP contribution in [0.15, 0.2) is 24.3 Å². The molecule has 1 atom stereocenters. The number of nitrogens with one attached hydrogen (secondary N) is 1. The maximum atomic E-state index is 12.8. The van der Waals surface area contributed by atoms with Crippen LogP contribution in [0.25, 0.3) is 0 Å². The molecule has 1 aliphatic heterocycles. The summed E-state index contributed by atoms with van der Waals surface area (Å²) < 4.78 is 18.3. The van der Waals surface area contributed by atoms with Crippen molar-refractivity contribution in [3.8, 4) is 0 Å². The molecule has 0 spiro atoms. The SMILES string of the molecule is CN(Cc1ccc(F)cc1)C(=O)CC1CNCCO1. The first-order valence-electron chi connectivity index (χ1n) is 6.46. The maximum Gasteiger partial charge on any atom is 0.225 e. The van der Waals surface area contributed by atoms with Crippen LogP contribution in [0.3, 0.4) is 0 Å². The number of rotatable bonds is 4. The summed E-state index contributed by atoms with van der Waals surface area (Å²) in [5.41, 5.74) is 0.917. The summed E-state index contributed by atoms with van der Waals surface area (Å²) in [6.45, 7) is 2.70. The van der Waals surface area contributed by atoms with Crippen LogP contribution in [0, 0.1) is 5.82 Å². The van der Waals surface area contributed by atoms with Gasteiger partial charge in [0.2, 0.25) is 5.91 Å². The number of hydrogen-bond acceptors (Lipinski definition) is 3. The number of ether oxygens (including phenoxy) is 1. The van der Waals surface area contributed by atoms with Crippen LogP contribution in [0.4, 0.5) is 4.39 Å². The molecule has 19 heavy (non-hydrogen) atoms. The number of amides is 1. The van der Waals surface area contributed by atoms with Gasteiger partial charge in [-0.3, -0.25) is 4.79 Å². The zero-order chi connectivity index (χ0) is 13.7. The topological polar surface area (TPSA) is 41.6 Å². The van der Waals surface area contributed by atoms with E-state index >= 15 is 0 Å². The van der Waals surface area contributed by atoms with Gasteiger partial charge in [-0.15, -0.1) is 0 Å². The molecular weight excluding hydrogens is 247 g/mol. The first-order chi connectivity index (χ1) is 9.15. The van der Waals surface area contributed by atoms with Gasteiger partial charge in [0.25, 0.3) is 0 Å². The van der Waals surface area contributed by atoms with E-state index in [0.29, 0.717) is 19.6 Å². The Hall–Kier alpha value is -1.46. The first-order valence-corrected chi connectivity index (χ1v) is 6.46. The van der Waals surface area contributed by atoms with Gasteiger partial charge in [-0.25, -0.2) is 4.39 Å². The van der Waals surface area contributed by atoms with Crippen molar-refractivity contribution in [2.24, 2.45) is 0 Å². The number of nitrogens with zero attached hydrogens (tertiary/aromatic N) is 1. The molecule has 1 fully saturated rings. The fourth-order valence-corrected chi connectivity index (χ4v) is 2.05. The van der Waals surface area contributed by atoms with Gasteiger partial charge in [-0.1, -0.05) is 12.1 Å². The summed E-state index contributed by atoms with van der Waals surface area (Å²) in [6, 6.07) is 6.19. The standard InChI is InChI=1S/C14H19FN2O2/c1-17(10-11-2-4-12(15)5-3-11)14(18)8-13-9-16-6-7-19-13/h2-5,13,16H,6-10H2,1H3. The summed E-state index contributed by atoms with van der Waals surface area (Å²) in [4.78, 5) is 13.7. The van der Waals surface area contributed by atoms with Gasteiger partial charge in [0.05, 0.1) is 19.1 Å². The van der Waals surface area contributed by atoms with Gasteiger partial charge < -0.3 is 15.0 Å². The Bertz CT molecular complexity index is 416. The lowest BCUT2D eigenvalue weighted by Crippen LogP contribution is -2.41. The van der Waals surface area contributed by atoms with E-state index in [1.54, 1.807) is 24.1 Å². The van der Waals surface area contributed by atoms with Gasteiger partial charge in [-0.2, -0.15) is 0 Å². The third-order valence-corrected chi connectivity index (χ3v) is 3.17. The predicted molar refractivity (Wildman–Crippen MR) is 70.1 cm³/mol. The lowest BCUT2D eigenvalue weighted by Gasteiger charge is -2.25. The van der Waals surface area contributed by atoms with E-state index in [1.165, 1.54) is 12.1 Å². The summed E-state index contributed by atoms with van der Waals surface area (Å²) in [5, 5.41) is 3.20. The fourth-order valence-electron chi connectivity index (χ4n) is 2.05. The van der Waals surface area contributed by atoms with Crippen LogP contribution in [-0.4, -0.2) is 43.7 Å². The van der Waals surface area contributed by atoms with Crippen LogP contribution in [0.2, 0.25) is 0 Å². The highest BCUT2D eigenvalue weighted by Crippen LogP contribution is 2.09. The van der Waals surface area contributed by atoms with Crippen molar-refractivity contribution in [2.75, 3.05) is 26.7 Å². The van der Waals surface area contributed by atoms with E-state index in [4.69, 9.17) is 4.74 Å². The first kappa shape index (κ1) is 14.0. The van der Waals surface area contributed by atoms with Gasteiger partial charge in [0.15, 0.2) is 0 Å². The number of halogens is 1. The third kappa shape index (κ3) is 4.29. The minimum absolute atomic E-state index is 0.0398. The van der Waals surface area contributed by atoms with Crippen molar-refractivity contribution in [3.63, 3.8) is 0 Å². The lowest BCUT2D eigenvalue weighted by molar-refractivity contribution is -0.133. The third-order valence-electron chi connectivity index (χ3n) is 3.17. The fraction of sp³-hybridized carbons (Fsp3) is 0.500. The van der Waals surface area contributed by atoms with E-state index in [2.05, 4.69) is 5.32 Å². The number of benzene rings is 1. The van der Waals surface area contributed by atoms with Crippen LogP contribution in [-0.2, 0) is 16.1 Å². The molecule has 0 aliphatic carbocycles. The summed E-state index contributed by atoms with van der Waals surface area (Å²) in [5.74, 6) is -0.225. The molecule has 4 nitrogen and oxygen atoms in total. The molecule has 2 rings (SSSR count). The molecule has 1 aliphatic rings. The largest absolute Gasteiger partial charge is 0.375 e. The van der Waals surface area contributed by atoms with Crippen molar-refractivity contribution in [3.05, 3.63) is 35.6 Å². The number of hydrogen-bond donors (Lipinski definition) is 1. The van der Waals surface area contributed by atoms with E-state index in [1.807, 2.05) is 0 Å². The Morgan fingerprint density at radius 1 is 1.47 bits per heavy atom. The predicted octanol–water partition coefficient (Wildman–Crippen LogP) is 1.16.